The van der Waals surface area contributed by atoms with Crippen LogP contribution in [0.4, 0.5) is 0 Å². The summed E-state index contributed by atoms with van der Waals surface area (Å²) in [6.07, 6.45) is 6.47. The monoisotopic (exact) mass is 248 g/mol. The number of hydrogen-bond donors (Lipinski definition) is 2. The molecule has 1 aromatic rings. The Morgan fingerprint density at radius 3 is 2.33 bits per heavy atom. The van der Waals surface area contributed by atoms with Gasteiger partial charge in [0.25, 0.3) is 0 Å². The van der Waals surface area contributed by atoms with Crippen LogP contribution in [0, 0.1) is 0 Å². The van der Waals surface area contributed by atoms with Gasteiger partial charge in [0.05, 0.1) is 6.10 Å². The largest absolute Gasteiger partial charge is 0.478 e. The standard InChI is InChI=1S/C9H12O.C6H8O2/c1-2-9(10)8-6-4-3-5-7-8;1-2-3-4-5-6(7)8/h3-7,9-10H,2H2,1H3;2-5H,1H3,(H,7,8)/b;3-2+,5-4+. The Kier molecular flexibility index (Phi) is 9.23. The number of hydrogen-bond acceptors (Lipinski definition) is 2. The maximum Gasteiger partial charge on any atom is 0.328 e. The van der Waals surface area contributed by atoms with E-state index in [2.05, 4.69) is 0 Å². The Hall–Kier alpha value is -1.87. The molecule has 0 aliphatic rings. The quantitative estimate of drug-likeness (QED) is 0.634. The fourth-order valence-electron chi connectivity index (χ4n) is 1.16. The molecule has 0 radical (unpaired) electrons. The summed E-state index contributed by atoms with van der Waals surface area (Å²) in [7, 11) is 0. The lowest BCUT2D eigenvalue weighted by Crippen LogP contribution is -1.93. The molecule has 3 nitrogen and oxygen atoms in total. The molecule has 1 atom stereocenters. The maximum absolute atomic E-state index is 9.75. The van der Waals surface area contributed by atoms with Crippen molar-refractivity contribution in [3.63, 3.8) is 0 Å². The lowest BCUT2D eigenvalue weighted by molar-refractivity contribution is -0.131. The highest BCUT2D eigenvalue weighted by atomic mass is 16.4. The third kappa shape index (κ3) is 8.30. The van der Waals surface area contributed by atoms with Gasteiger partial charge >= 0.3 is 5.97 Å². The fourth-order valence-corrected chi connectivity index (χ4v) is 1.16. The van der Waals surface area contributed by atoms with Crippen LogP contribution in [-0.2, 0) is 4.79 Å². The highest BCUT2D eigenvalue weighted by Gasteiger charge is 2.00. The van der Waals surface area contributed by atoms with Gasteiger partial charge in [-0.2, -0.15) is 0 Å². The van der Waals surface area contributed by atoms with Crippen molar-refractivity contribution in [2.75, 3.05) is 0 Å². The van der Waals surface area contributed by atoms with Crippen LogP contribution >= 0.6 is 0 Å². The van der Waals surface area contributed by atoms with E-state index in [0.29, 0.717) is 0 Å². The van der Waals surface area contributed by atoms with Crippen molar-refractivity contribution >= 4 is 5.97 Å². The molecule has 0 fully saturated rings. The Balaban J connectivity index is 0.000000331. The predicted molar refractivity (Wildman–Crippen MR) is 73.3 cm³/mol. The summed E-state index contributed by atoms with van der Waals surface area (Å²) < 4.78 is 0. The highest BCUT2D eigenvalue weighted by Crippen LogP contribution is 2.14. The number of aliphatic carboxylic acids is 1. The fraction of sp³-hybridized carbons (Fsp3) is 0.267. The van der Waals surface area contributed by atoms with Gasteiger partial charge in [0.15, 0.2) is 0 Å². The van der Waals surface area contributed by atoms with E-state index in [1.54, 1.807) is 12.2 Å². The van der Waals surface area contributed by atoms with E-state index in [1.165, 1.54) is 6.08 Å². The first-order chi connectivity index (χ1) is 8.61. The zero-order valence-corrected chi connectivity index (χ0v) is 10.8. The van der Waals surface area contributed by atoms with Gasteiger partial charge < -0.3 is 10.2 Å². The highest BCUT2D eigenvalue weighted by molar-refractivity contribution is 5.80. The normalized spacial score (nSPS) is 12.2. The molecule has 98 valence electrons. The van der Waals surface area contributed by atoms with Crippen molar-refractivity contribution in [3.8, 4) is 0 Å². The first-order valence-electron chi connectivity index (χ1n) is 5.87. The number of carboxylic acids is 1. The zero-order chi connectivity index (χ0) is 13.8. The van der Waals surface area contributed by atoms with E-state index in [0.717, 1.165) is 18.1 Å². The van der Waals surface area contributed by atoms with E-state index >= 15 is 0 Å². The zero-order valence-electron chi connectivity index (χ0n) is 10.8. The molecule has 0 aliphatic carbocycles. The first kappa shape index (κ1) is 16.1. The SMILES string of the molecule is C/C=C/C=C/C(=O)O.CCC(O)c1ccccc1. The molecule has 0 saturated heterocycles. The van der Waals surface area contributed by atoms with E-state index < -0.39 is 5.97 Å². The molecule has 2 N–H and O–H groups in total. The smallest absolute Gasteiger partial charge is 0.328 e. The lowest BCUT2D eigenvalue weighted by atomic mass is 10.1. The van der Waals surface area contributed by atoms with Crippen molar-refractivity contribution in [1.82, 2.24) is 0 Å². The summed E-state index contributed by atoms with van der Waals surface area (Å²) in [6.45, 7) is 3.80. The van der Waals surface area contributed by atoms with Crippen molar-refractivity contribution in [2.45, 2.75) is 26.4 Å². The predicted octanol–water partition coefficient (Wildman–Crippen LogP) is 3.33. The van der Waals surface area contributed by atoms with Gasteiger partial charge in [0.2, 0.25) is 0 Å². The average Bonchev–Trinajstić information content (AvgIpc) is 2.39. The van der Waals surface area contributed by atoms with Crippen molar-refractivity contribution in [3.05, 3.63) is 60.2 Å². The van der Waals surface area contributed by atoms with Crippen LogP contribution in [0.3, 0.4) is 0 Å². The van der Waals surface area contributed by atoms with Gasteiger partial charge in [-0.3, -0.25) is 0 Å². The molecular weight excluding hydrogens is 228 g/mol. The molecule has 0 aliphatic heterocycles. The average molecular weight is 248 g/mol. The Morgan fingerprint density at radius 2 is 1.89 bits per heavy atom. The van der Waals surface area contributed by atoms with Gasteiger partial charge in [0.1, 0.15) is 0 Å². The van der Waals surface area contributed by atoms with Crippen LogP contribution in [0.5, 0.6) is 0 Å². The number of carbonyl (C=O) groups is 1. The summed E-state index contributed by atoms with van der Waals surface area (Å²) >= 11 is 0. The summed E-state index contributed by atoms with van der Waals surface area (Å²) in [5.41, 5.74) is 1.00. The Labute approximate surface area is 108 Å². The van der Waals surface area contributed by atoms with Crippen LogP contribution in [-0.4, -0.2) is 16.2 Å². The number of aliphatic hydroxyl groups excluding tert-OH is 1. The van der Waals surface area contributed by atoms with Gasteiger partial charge in [-0.05, 0) is 18.9 Å². The van der Waals surface area contributed by atoms with E-state index in [9.17, 15) is 9.90 Å². The molecule has 0 heterocycles. The second-order valence-corrected chi connectivity index (χ2v) is 3.56. The van der Waals surface area contributed by atoms with Crippen LogP contribution in [0.25, 0.3) is 0 Å². The van der Waals surface area contributed by atoms with Crippen molar-refractivity contribution in [2.24, 2.45) is 0 Å². The molecule has 1 unspecified atom stereocenters. The Morgan fingerprint density at radius 1 is 1.28 bits per heavy atom. The van der Waals surface area contributed by atoms with Gasteiger partial charge in [0, 0.05) is 6.08 Å². The molecular formula is C15H20O3. The van der Waals surface area contributed by atoms with Crippen molar-refractivity contribution in [1.29, 1.82) is 0 Å². The topological polar surface area (TPSA) is 57.5 Å². The third-order valence-electron chi connectivity index (χ3n) is 2.11. The van der Waals surface area contributed by atoms with Gasteiger partial charge in [-0.1, -0.05) is 55.5 Å². The van der Waals surface area contributed by atoms with Gasteiger partial charge in [-0.25, -0.2) is 4.79 Å². The van der Waals surface area contributed by atoms with Crippen LogP contribution in [0.2, 0.25) is 0 Å². The van der Waals surface area contributed by atoms with Crippen LogP contribution in [0.1, 0.15) is 31.9 Å². The van der Waals surface area contributed by atoms with E-state index in [1.807, 2.05) is 44.2 Å². The minimum absolute atomic E-state index is 0.291. The Bertz CT molecular complexity index is 380. The third-order valence-corrected chi connectivity index (χ3v) is 2.11. The molecule has 1 aromatic carbocycles. The lowest BCUT2D eigenvalue weighted by Gasteiger charge is -2.05. The summed E-state index contributed by atoms with van der Waals surface area (Å²) in [4.78, 5) is 9.75. The maximum atomic E-state index is 9.75. The van der Waals surface area contributed by atoms with Crippen LogP contribution in [0.15, 0.2) is 54.6 Å². The first-order valence-corrected chi connectivity index (χ1v) is 5.87. The van der Waals surface area contributed by atoms with E-state index in [-0.39, 0.29) is 6.10 Å². The number of carboxylic acid groups (broad SMARTS) is 1. The second-order valence-electron chi connectivity index (χ2n) is 3.56. The minimum Gasteiger partial charge on any atom is -0.478 e. The molecule has 0 amide bonds. The number of aliphatic hydroxyl groups is 1. The molecule has 0 saturated carbocycles. The summed E-state index contributed by atoms with van der Waals surface area (Å²) in [5, 5.41) is 17.3. The molecule has 1 rings (SSSR count). The minimum atomic E-state index is -0.914. The van der Waals surface area contributed by atoms with Crippen molar-refractivity contribution < 1.29 is 15.0 Å². The van der Waals surface area contributed by atoms with E-state index in [4.69, 9.17) is 5.11 Å². The number of allylic oxidation sites excluding steroid dienone is 3. The number of benzene rings is 1. The second kappa shape index (κ2) is 10.3. The molecule has 3 heteroatoms. The van der Waals surface area contributed by atoms with Crippen LogP contribution < -0.4 is 0 Å². The van der Waals surface area contributed by atoms with Gasteiger partial charge in [-0.15, -0.1) is 0 Å². The molecule has 18 heavy (non-hydrogen) atoms. The molecule has 0 spiro atoms. The molecule has 0 bridgehead atoms. The summed E-state index contributed by atoms with van der Waals surface area (Å²) in [5.74, 6) is -0.914. The molecule has 0 aromatic heterocycles. The number of rotatable bonds is 4. The summed E-state index contributed by atoms with van der Waals surface area (Å²) in [6, 6.07) is 9.70.